The molecule has 5 heteroatoms. The summed E-state index contributed by atoms with van der Waals surface area (Å²) in [5, 5.41) is 13.7. The van der Waals surface area contributed by atoms with Crippen LogP contribution in [0.15, 0.2) is 42.5 Å². The maximum atomic E-state index is 9.68. The van der Waals surface area contributed by atoms with E-state index >= 15 is 0 Å². The Kier molecular flexibility index (Phi) is 4.07. The van der Waals surface area contributed by atoms with Gasteiger partial charge < -0.3 is 10.4 Å². The third-order valence-electron chi connectivity index (χ3n) is 2.29. The third-order valence-corrected chi connectivity index (χ3v) is 3.10. The Morgan fingerprint density at radius 2 is 1.78 bits per heavy atom. The van der Waals surface area contributed by atoms with Crippen LogP contribution < -0.4 is 5.32 Å². The largest absolute Gasteiger partial charge is 0.506 e. The second kappa shape index (κ2) is 5.57. The molecule has 0 saturated carbocycles. The maximum Gasteiger partial charge on any atom is 0.139 e. The first kappa shape index (κ1) is 13.1. The Labute approximate surface area is 120 Å². The minimum atomic E-state index is 0.0868. The van der Waals surface area contributed by atoms with Gasteiger partial charge in [0.05, 0.1) is 5.69 Å². The van der Waals surface area contributed by atoms with Crippen molar-refractivity contribution in [2.45, 2.75) is 0 Å². The Hall–Kier alpha value is -1.29. The van der Waals surface area contributed by atoms with Crippen LogP contribution in [-0.2, 0) is 0 Å². The van der Waals surface area contributed by atoms with E-state index in [0.717, 1.165) is 5.56 Å². The van der Waals surface area contributed by atoms with Gasteiger partial charge in [-0.1, -0.05) is 47.6 Å². The summed E-state index contributed by atoms with van der Waals surface area (Å²) in [6, 6.07) is 11.9. The average molecular weight is 298 g/mol. The van der Waals surface area contributed by atoms with Crippen LogP contribution in [0, 0.1) is 0 Å². The van der Waals surface area contributed by atoms with Gasteiger partial charge in [-0.25, -0.2) is 0 Å². The quantitative estimate of drug-likeness (QED) is 0.633. The first-order valence-electron chi connectivity index (χ1n) is 5.12. The number of thiocarbonyl (C=S) groups is 1. The second-order valence-electron chi connectivity index (χ2n) is 3.63. The number of halogens is 2. The summed E-state index contributed by atoms with van der Waals surface area (Å²) >= 11 is 17.0. The number of phenolic OH excluding ortho intramolecular Hbond substituents is 1. The smallest absolute Gasteiger partial charge is 0.139 e. The fourth-order valence-electron chi connectivity index (χ4n) is 1.43. The highest BCUT2D eigenvalue weighted by Gasteiger charge is 2.06. The van der Waals surface area contributed by atoms with Crippen LogP contribution in [0.3, 0.4) is 0 Å². The van der Waals surface area contributed by atoms with E-state index in [4.69, 9.17) is 35.4 Å². The normalized spacial score (nSPS) is 10.1. The van der Waals surface area contributed by atoms with Gasteiger partial charge in [0.25, 0.3) is 0 Å². The molecule has 2 rings (SSSR count). The lowest BCUT2D eigenvalue weighted by molar-refractivity contribution is 0.478. The van der Waals surface area contributed by atoms with E-state index in [1.807, 2.05) is 12.1 Å². The van der Waals surface area contributed by atoms with Gasteiger partial charge in [0, 0.05) is 15.6 Å². The molecule has 0 amide bonds. The maximum absolute atomic E-state index is 9.68. The van der Waals surface area contributed by atoms with Gasteiger partial charge in [0.2, 0.25) is 0 Å². The van der Waals surface area contributed by atoms with Gasteiger partial charge in [0.15, 0.2) is 0 Å². The van der Waals surface area contributed by atoms with E-state index in [9.17, 15) is 5.11 Å². The predicted octanol–water partition coefficient (Wildman–Crippen LogP) is 4.49. The highest BCUT2D eigenvalue weighted by atomic mass is 35.5. The molecule has 0 radical (unpaired) electrons. The summed E-state index contributed by atoms with van der Waals surface area (Å²) < 4.78 is 0. The zero-order chi connectivity index (χ0) is 13.1. The van der Waals surface area contributed by atoms with E-state index in [1.165, 1.54) is 6.07 Å². The van der Waals surface area contributed by atoms with Crippen molar-refractivity contribution in [1.29, 1.82) is 0 Å². The summed E-state index contributed by atoms with van der Waals surface area (Å²) in [5.74, 6) is 0.0868. The number of benzene rings is 2. The fourth-order valence-corrected chi connectivity index (χ4v) is 2.03. The third kappa shape index (κ3) is 3.13. The van der Waals surface area contributed by atoms with Gasteiger partial charge in [0.1, 0.15) is 10.7 Å². The van der Waals surface area contributed by atoms with E-state index in [1.54, 1.807) is 24.3 Å². The van der Waals surface area contributed by atoms with Crippen molar-refractivity contribution in [1.82, 2.24) is 0 Å². The molecule has 2 N–H and O–H groups in total. The molecule has 0 saturated heterocycles. The van der Waals surface area contributed by atoms with Gasteiger partial charge >= 0.3 is 0 Å². The molecule has 0 aromatic heterocycles. The van der Waals surface area contributed by atoms with Crippen LogP contribution in [0.5, 0.6) is 5.75 Å². The standard InChI is InChI=1S/C13H9Cl2NOS/c14-9-3-1-2-8(6-9)13(18)16-11-7-10(15)4-5-12(11)17/h1-7,17H,(H,16,18). The summed E-state index contributed by atoms with van der Waals surface area (Å²) in [6.45, 7) is 0. The molecule has 2 aromatic carbocycles. The molecule has 0 unspecified atom stereocenters. The molecule has 2 nitrogen and oxygen atoms in total. The zero-order valence-electron chi connectivity index (χ0n) is 9.15. The molecule has 0 bridgehead atoms. The number of hydrogen-bond acceptors (Lipinski definition) is 2. The lowest BCUT2D eigenvalue weighted by Crippen LogP contribution is -2.10. The first-order valence-corrected chi connectivity index (χ1v) is 6.28. The molecule has 0 fully saturated rings. The Balaban J connectivity index is 2.24. The molecule has 0 aliphatic rings. The minimum Gasteiger partial charge on any atom is -0.506 e. The van der Waals surface area contributed by atoms with E-state index in [-0.39, 0.29) is 5.75 Å². The van der Waals surface area contributed by atoms with E-state index in [2.05, 4.69) is 5.32 Å². The molecular formula is C13H9Cl2NOS. The predicted molar refractivity (Wildman–Crippen MR) is 79.9 cm³/mol. The van der Waals surface area contributed by atoms with Crippen LogP contribution in [0.25, 0.3) is 0 Å². The van der Waals surface area contributed by atoms with Crippen molar-refractivity contribution in [3.05, 3.63) is 58.1 Å². The van der Waals surface area contributed by atoms with Crippen LogP contribution >= 0.6 is 35.4 Å². The molecule has 0 spiro atoms. The summed E-state index contributed by atoms with van der Waals surface area (Å²) in [5.41, 5.74) is 1.24. The molecule has 92 valence electrons. The lowest BCUT2D eigenvalue weighted by Gasteiger charge is -2.10. The topological polar surface area (TPSA) is 32.3 Å². The van der Waals surface area contributed by atoms with Gasteiger partial charge in [-0.05, 0) is 30.3 Å². The van der Waals surface area contributed by atoms with Crippen LogP contribution in [-0.4, -0.2) is 10.1 Å². The van der Waals surface area contributed by atoms with Crippen molar-refractivity contribution >= 4 is 46.1 Å². The molecule has 2 aromatic rings. The Morgan fingerprint density at radius 3 is 2.50 bits per heavy atom. The summed E-state index contributed by atoms with van der Waals surface area (Å²) in [4.78, 5) is 0.468. The SMILES string of the molecule is Oc1ccc(Cl)cc1NC(=S)c1cccc(Cl)c1. The molecular weight excluding hydrogens is 289 g/mol. The van der Waals surface area contributed by atoms with E-state index < -0.39 is 0 Å². The number of anilines is 1. The molecule has 0 atom stereocenters. The molecule has 18 heavy (non-hydrogen) atoms. The summed E-state index contributed by atoms with van der Waals surface area (Å²) in [6.07, 6.45) is 0. The van der Waals surface area contributed by atoms with Gasteiger partial charge in [-0.3, -0.25) is 0 Å². The number of nitrogens with one attached hydrogen (secondary N) is 1. The Bertz CT molecular complexity index is 601. The number of hydrogen-bond donors (Lipinski definition) is 2. The average Bonchev–Trinajstić information content (AvgIpc) is 2.34. The molecule has 0 aliphatic heterocycles. The highest BCUT2D eigenvalue weighted by Crippen LogP contribution is 2.27. The van der Waals surface area contributed by atoms with Crippen LogP contribution in [0.1, 0.15) is 5.56 Å². The van der Waals surface area contributed by atoms with Crippen molar-refractivity contribution in [3.63, 3.8) is 0 Å². The van der Waals surface area contributed by atoms with Crippen LogP contribution in [0.2, 0.25) is 10.0 Å². The first-order chi connectivity index (χ1) is 8.56. The molecule has 0 aliphatic carbocycles. The Morgan fingerprint density at radius 1 is 1.06 bits per heavy atom. The van der Waals surface area contributed by atoms with Crippen molar-refractivity contribution in [3.8, 4) is 5.75 Å². The van der Waals surface area contributed by atoms with Crippen LogP contribution in [0.4, 0.5) is 5.69 Å². The highest BCUT2D eigenvalue weighted by molar-refractivity contribution is 7.81. The van der Waals surface area contributed by atoms with E-state index in [0.29, 0.717) is 20.7 Å². The summed E-state index contributed by atoms with van der Waals surface area (Å²) in [7, 11) is 0. The fraction of sp³-hybridized carbons (Fsp3) is 0. The lowest BCUT2D eigenvalue weighted by atomic mass is 10.2. The van der Waals surface area contributed by atoms with Gasteiger partial charge in [-0.2, -0.15) is 0 Å². The number of rotatable bonds is 2. The van der Waals surface area contributed by atoms with Crippen molar-refractivity contribution in [2.24, 2.45) is 0 Å². The molecule has 0 heterocycles. The van der Waals surface area contributed by atoms with Crippen molar-refractivity contribution in [2.75, 3.05) is 5.32 Å². The van der Waals surface area contributed by atoms with Crippen molar-refractivity contribution < 1.29 is 5.11 Å². The zero-order valence-corrected chi connectivity index (χ0v) is 11.5. The van der Waals surface area contributed by atoms with Gasteiger partial charge in [-0.15, -0.1) is 0 Å². The monoisotopic (exact) mass is 297 g/mol. The minimum absolute atomic E-state index is 0.0868. The number of phenols is 1. The second-order valence-corrected chi connectivity index (χ2v) is 4.91. The number of aromatic hydroxyl groups is 1.